The average Bonchev–Trinajstić information content (AvgIpc) is 3.05. The summed E-state index contributed by atoms with van der Waals surface area (Å²) >= 11 is 0. The van der Waals surface area contributed by atoms with Gasteiger partial charge in [0.1, 0.15) is 12.3 Å². The fourth-order valence-corrected chi connectivity index (χ4v) is 7.24. The zero-order valence-electron chi connectivity index (χ0n) is 31.9. The number of unbranched alkanes of at least 4 members (excludes halogenated alkanes) is 24. The lowest BCUT2D eigenvalue weighted by Gasteiger charge is -2.28. The monoisotopic (exact) mass is 687 g/mol. The second kappa shape index (κ2) is 34.3. The largest absolute Gasteiger partial charge is 0.481 e. The second-order valence-corrected chi connectivity index (χ2v) is 15.2. The van der Waals surface area contributed by atoms with E-state index in [1.54, 1.807) is 0 Å². The van der Waals surface area contributed by atoms with Gasteiger partial charge >= 0.3 is 11.9 Å². The fourth-order valence-electron chi connectivity index (χ4n) is 7.24. The van der Waals surface area contributed by atoms with Gasteiger partial charge in [-0.25, -0.2) is 8.78 Å². The molecule has 0 aliphatic rings. The van der Waals surface area contributed by atoms with Crippen LogP contribution < -0.4 is 0 Å². The minimum atomic E-state index is -1.25. The normalized spacial score (nSPS) is 14.2. The molecule has 0 aromatic carbocycles. The lowest BCUT2D eigenvalue weighted by atomic mass is 9.75. The number of carboxylic acid groups (broad SMARTS) is 2. The third-order valence-corrected chi connectivity index (χ3v) is 10.5. The molecule has 0 fully saturated rings. The maximum Gasteiger partial charge on any atom is 0.310 e. The van der Waals surface area contributed by atoms with Crippen LogP contribution in [0.1, 0.15) is 239 Å². The van der Waals surface area contributed by atoms with E-state index in [1.807, 2.05) is 0 Å². The SMILES string of the molecule is CCCCCCCCCCCCC(F)CCCCCCC(CCCCCCC(F)CCCCCCCCCCCC)(CC(=O)O)C(=O)O. The van der Waals surface area contributed by atoms with Gasteiger partial charge in [0.25, 0.3) is 0 Å². The molecule has 0 saturated heterocycles. The number of hydrogen-bond acceptors (Lipinski definition) is 2. The quantitative estimate of drug-likeness (QED) is 0.0631. The van der Waals surface area contributed by atoms with E-state index in [0.717, 1.165) is 64.2 Å². The summed E-state index contributed by atoms with van der Waals surface area (Å²) in [6, 6.07) is 0. The van der Waals surface area contributed by atoms with Crippen molar-refractivity contribution in [1.29, 1.82) is 0 Å². The first-order valence-corrected chi connectivity index (χ1v) is 21.0. The summed E-state index contributed by atoms with van der Waals surface area (Å²) in [7, 11) is 0. The minimum Gasteiger partial charge on any atom is -0.481 e. The van der Waals surface area contributed by atoms with Gasteiger partial charge in [-0.05, 0) is 38.5 Å². The summed E-state index contributed by atoms with van der Waals surface area (Å²) in [4.78, 5) is 23.9. The zero-order valence-corrected chi connectivity index (χ0v) is 31.9. The van der Waals surface area contributed by atoms with E-state index in [9.17, 15) is 28.6 Å². The van der Waals surface area contributed by atoms with Crippen LogP contribution in [-0.2, 0) is 9.59 Å². The Morgan fingerprint density at radius 2 is 0.688 bits per heavy atom. The van der Waals surface area contributed by atoms with Crippen molar-refractivity contribution in [3.05, 3.63) is 0 Å². The number of hydrogen-bond donors (Lipinski definition) is 2. The number of carbonyl (C=O) groups is 2. The van der Waals surface area contributed by atoms with Crippen molar-refractivity contribution in [3.63, 3.8) is 0 Å². The number of aliphatic carboxylic acids is 2. The highest BCUT2D eigenvalue weighted by atomic mass is 19.1. The lowest BCUT2D eigenvalue weighted by molar-refractivity contribution is -0.157. The molecule has 48 heavy (non-hydrogen) atoms. The van der Waals surface area contributed by atoms with E-state index >= 15 is 0 Å². The van der Waals surface area contributed by atoms with Gasteiger partial charge in [0.05, 0.1) is 11.8 Å². The van der Waals surface area contributed by atoms with Gasteiger partial charge in [-0.2, -0.15) is 0 Å². The van der Waals surface area contributed by atoms with Gasteiger partial charge in [0.15, 0.2) is 0 Å². The molecule has 0 aliphatic heterocycles. The van der Waals surface area contributed by atoms with Crippen LogP contribution in [0.5, 0.6) is 0 Å². The third-order valence-electron chi connectivity index (χ3n) is 10.5. The van der Waals surface area contributed by atoms with Crippen molar-refractivity contribution in [2.75, 3.05) is 0 Å². The topological polar surface area (TPSA) is 74.6 Å². The summed E-state index contributed by atoms with van der Waals surface area (Å²) in [5.41, 5.74) is -1.25. The molecule has 4 nitrogen and oxygen atoms in total. The zero-order chi connectivity index (χ0) is 35.6. The maximum atomic E-state index is 14.4. The summed E-state index contributed by atoms with van der Waals surface area (Å²) < 4.78 is 28.7. The van der Waals surface area contributed by atoms with Gasteiger partial charge in [-0.15, -0.1) is 0 Å². The van der Waals surface area contributed by atoms with Gasteiger partial charge in [-0.3, -0.25) is 9.59 Å². The Bertz CT molecular complexity index is 674. The lowest BCUT2D eigenvalue weighted by Crippen LogP contribution is -2.33. The van der Waals surface area contributed by atoms with E-state index in [0.29, 0.717) is 51.4 Å². The van der Waals surface area contributed by atoms with Crippen molar-refractivity contribution in [1.82, 2.24) is 0 Å². The first kappa shape index (κ1) is 46.8. The van der Waals surface area contributed by atoms with Crippen LogP contribution in [0, 0.1) is 5.41 Å². The molecule has 0 spiro atoms. The molecular weight excluding hydrogens is 606 g/mol. The highest BCUT2D eigenvalue weighted by molar-refractivity contribution is 5.81. The van der Waals surface area contributed by atoms with Crippen LogP contribution in [0.25, 0.3) is 0 Å². The van der Waals surface area contributed by atoms with E-state index in [1.165, 1.54) is 103 Å². The standard InChI is InChI=1S/C42H80F2O4/c1-3-5-7-9-11-13-15-17-19-25-31-38(43)33-27-21-23-29-35-42(41(47)48,37-40(45)46)36-30-24-22-28-34-39(44)32-26-20-18-16-14-12-10-8-6-4-2/h38-39H,3-37H2,1-2H3,(H,45,46)(H,47,48). The predicted octanol–water partition coefficient (Wildman–Crippen LogP) is 14.5. The molecule has 0 aliphatic carbocycles. The molecule has 0 aromatic heterocycles. The Hall–Kier alpha value is -1.20. The van der Waals surface area contributed by atoms with Gasteiger partial charge in [-0.1, -0.05) is 194 Å². The van der Waals surface area contributed by atoms with Crippen LogP contribution in [0.15, 0.2) is 0 Å². The molecule has 0 rings (SSSR count). The maximum absolute atomic E-state index is 14.4. The summed E-state index contributed by atoms with van der Waals surface area (Å²) in [5, 5.41) is 19.5. The minimum absolute atomic E-state index is 0.345. The summed E-state index contributed by atoms with van der Waals surface area (Å²) in [6.45, 7) is 4.48. The average molecular weight is 687 g/mol. The number of halogens is 2. The Morgan fingerprint density at radius 3 is 0.938 bits per heavy atom. The molecule has 0 heterocycles. The number of rotatable bonds is 39. The van der Waals surface area contributed by atoms with Crippen LogP contribution in [0.4, 0.5) is 8.78 Å². The molecule has 0 bridgehead atoms. The highest BCUT2D eigenvalue weighted by Gasteiger charge is 2.39. The summed E-state index contributed by atoms with van der Waals surface area (Å²) in [5.74, 6) is -2.09. The molecule has 2 unspecified atom stereocenters. The molecule has 0 amide bonds. The van der Waals surface area contributed by atoms with Crippen molar-refractivity contribution in [2.24, 2.45) is 5.41 Å². The van der Waals surface area contributed by atoms with Gasteiger partial charge < -0.3 is 10.2 Å². The molecular formula is C42H80F2O4. The molecule has 2 N–H and O–H groups in total. The Balaban J connectivity index is 4.03. The first-order valence-electron chi connectivity index (χ1n) is 21.0. The fraction of sp³-hybridized carbons (Fsp3) is 0.952. The smallest absolute Gasteiger partial charge is 0.310 e. The van der Waals surface area contributed by atoms with E-state index in [2.05, 4.69) is 13.8 Å². The molecule has 6 heteroatoms. The molecule has 0 aromatic rings. The first-order chi connectivity index (χ1) is 23.3. The second-order valence-electron chi connectivity index (χ2n) is 15.2. The molecule has 0 saturated carbocycles. The Morgan fingerprint density at radius 1 is 0.438 bits per heavy atom. The van der Waals surface area contributed by atoms with Crippen molar-refractivity contribution in [3.8, 4) is 0 Å². The highest BCUT2D eigenvalue weighted by Crippen LogP contribution is 2.36. The third kappa shape index (κ3) is 29.7. The van der Waals surface area contributed by atoms with Crippen LogP contribution in [-0.4, -0.2) is 34.5 Å². The van der Waals surface area contributed by atoms with E-state index in [-0.39, 0.29) is 6.42 Å². The molecule has 286 valence electrons. The van der Waals surface area contributed by atoms with Gasteiger partial charge in [0, 0.05) is 0 Å². The van der Waals surface area contributed by atoms with Crippen LogP contribution in [0.2, 0.25) is 0 Å². The molecule has 0 radical (unpaired) electrons. The van der Waals surface area contributed by atoms with Gasteiger partial charge in [0.2, 0.25) is 0 Å². The van der Waals surface area contributed by atoms with Crippen molar-refractivity contribution < 1.29 is 28.6 Å². The van der Waals surface area contributed by atoms with Crippen molar-refractivity contribution in [2.45, 2.75) is 251 Å². The Labute approximate surface area is 296 Å². The van der Waals surface area contributed by atoms with Crippen molar-refractivity contribution >= 4 is 11.9 Å². The number of carboxylic acids is 2. The van der Waals surface area contributed by atoms with Crippen LogP contribution >= 0.6 is 0 Å². The number of alkyl halides is 2. The Kier molecular flexibility index (Phi) is 33.4. The predicted molar refractivity (Wildman–Crippen MR) is 200 cm³/mol. The van der Waals surface area contributed by atoms with E-state index in [4.69, 9.17) is 0 Å². The van der Waals surface area contributed by atoms with E-state index < -0.39 is 29.7 Å². The van der Waals surface area contributed by atoms with Crippen LogP contribution in [0.3, 0.4) is 0 Å². The summed E-state index contributed by atoms with van der Waals surface area (Å²) in [6.07, 6.45) is 32.5. The molecule has 2 atom stereocenters.